The Morgan fingerprint density at radius 1 is 1.35 bits per heavy atom. The molecule has 2 N–H and O–H groups in total. The van der Waals surface area contributed by atoms with E-state index in [1.165, 1.54) is 24.3 Å². The van der Waals surface area contributed by atoms with Gasteiger partial charge in [0.2, 0.25) is 0 Å². The third kappa shape index (κ3) is 4.10. The molecule has 0 saturated heterocycles. The summed E-state index contributed by atoms with van der Waals surface area (Å²) < 4.78 is 20.1. The summed E-state index contributed by atoms with van der Waals surface area (Å²) in [4.78, 5) is 12.1. The maximum Gasteiger partial charge on any atom is 0.268 e. The van der Waals surface area contributed by atoms with Gasteiger partial charge in [0, 0.05) is 18.8 Å². The lowest BCUT2D eigenvalue weighted by atomic mass is 10.3. The minimum Gasteiger partial charge on any atom is -0.491 e. The standard InChI is InChI=1S/C17H19FN2O3/c18-12-3-7-15(8-4-12)23-11-14(21)10-19-17(22)16-2-1-9-20(16)13-5-6-13/h1-4,7-9,13-14,21H,5-6,10-11H2,(H,19,22). The molecule has 2 aromatic rings. The van der Waals surface area contributed by atoms with E-state index in [1.54, 1.807) is 6.07 Å². The van der Waals surface area contributed by atoms with Crippen LogP contribution in [0.4, 0.5) is 4.39 Å². The molecule has 1 saturated carbocycles. The summed E-state index contributed by atoms with van der Waals surface area (Å²) in [5.74, 6) is -0.0778. The van der Waals surface area contributed by atoms with Crippen molar-refractivity contribution in [3.05, 3.63) is 54.1 Å². The van der Waals surface area contributed by atoms with Gasteiger partial charge >= 0.3 is 0 Å². The Labute approximate surface area is 133 Å². The number of hydrogen-bond donors (Lipinski definition) is 2. The fraction of sp³-hybridized carbons (Fsp3) is 0.353. The second-order valence-electron chi connectivity index (χ2n) is 5.66. The van der Waals surface area contributed by atoms with Crippen molar-refractivity contribution < 1.29 is 19.0 Å². The molecule has 1 unspecified atom stereocenters. The first kappa shape index (κ1) is 15.6. The van der Waals surface area contributed by atoms with Crippen LogP contribution in [0.1, 0.15) is 29.4 Å². The predicted octanol–water partition coefficient (Wildman–Crippen LogP) is 2.13. The quantitative estimate of drug-likeness (QED) is 0.822. The number of halogens is 1. The molecule has 1 atom stereocenters. The van der Waals surface area contributed by atoms with Gasteiger partial charge in [-0.2, -0.15) is 0 Å². The fourth-order valence-corrected chi connectivity index (χ4v) is 2.34. The summed E-state index contributed by atoms with van der Waals surface area (Å²) in [5, 5.41) is 12.6. The Bertz CT molecular complexity index is 665. The van der Waals surface area contributed by atoms with Crippen molar-refractivity contribution in [2.75, 3.05) is 13.2 Å². The molecule has 1 heterocycles. The third-order valence-corrected chi connectivity index (χ3v) is 3.71. The van der Waals surface area contributed by atoms with E-state index in [9.17, 15) is 14.3 Å². The maximum absolute atomic E-state index is 12.8. The van der Waals surface area contributed by atoms with E-state index in [1.807, 2.05) is 16.8 Å². The molecule has 5 nitrogen and oxygen atoms in total. The van der Waals surface area contributed by atoms with E-state index >= 15 is 0 Å². The van der Waals surface area contributed by atoms with Crippen LogP contribution < -0.4 is 10.1 Å². The van der Waals surface area contributed by atoms with Crippen molar-refractivity contribution >= 4 is 5.91 Å². The number of aliphatic hydroxyl groups excluding tert-OH is 1. The normalized spacial score (nSPS) is 15.2. The fourth-order valence-electron chi connectivity index (χ4n) is 2.34. The second kappa shape index (κ2) is 6.83. The van der Waals surface area contributed by atoms with Crippen LogP contribution in [0.15, 0.2) is 42.6 Å². The van der Waals surface area contributed by atoms with Crippen LogP contribution in [0.25, 0.3) is 0 Å². The first-order valence-electron chi connectivity index (χ1n) is 7.65. The van der Waals surface area contributed by atoms with Crippen LogP contribution in [-0.4, -0.2) is 34.8 Å². The van der Waals surface area contributed by atoms with Crippen molar-refractivity contribution in [3.8, 4) is 5.75 Å². The van der Waals surface area contributed by atoms with Crippen LogP contribution in [0.2, 0.25) is 0 Å². The highest BCUT2D eigenvalue weighted by molar-refractivity contribution is 5.92. The number of benzene rings is 1. The number of amides is 1. The average molecular weight is 318 g/mol. The van der Waals surface area contributed by atoms with Gasteiger partial charge in [-0.25, -0.2) is 4.39 Å². The zero-order valence-electron chi connectivity index (χ0n) is 12.6. The molecule has 0 radical (unpaired) electrons. The number of rotatable bonds is 7. The van der Waals surface area contributed by atoms with Gasteiger partial charge in [-0.3, -0.25) is 4.79 Å². The van der Waals surface area contributed by atoms with Gasteiger partial charge < -0.3 is 19.7 Å². The number of carbonyl (C=O) groups is 1. The third-order valence-electron chi connectivity index (χ3n) is 3.71. The van der Waals surface area contributed by atoms with Crippen molar-refractivity contribution in [3.63, 3.8) is 0 Å². The van der Waals surface area contributed by atoms with Crippen molar-refractivity contribution in [2.24, 2.45) is 0 Å². The van der Waals surface area contributed by atoms with Gasteiger partial charge in [0.1, 0.15) is 30.0 Å². The molecule has 23 heavy (non-hydrogen) atoms. The van der Waals surface area contributed by atoms with Crippen molar-refractivity contribution in [2.45, 2.75) is 25.0 Å². The number of aliphatic hydroxyl groups is 1. The lowest BCUT2D eigenvalue weighted by Gasteiger charge is -2.14. The molecule has 1 aliphatic carbocycles. The average Bonchev–Trinajstić information content (AvgIpc) is 3.28. The zero-order valence-corrected chi connectivity index (χ0v) is 12.6. The molecule has 122 valence electrons. The maximum atomic E-state index is 12.8. The van der Waals surface area contributed by atoms with E-state index in [0.717, 1.165) is 12.8 Å². The van der Waals surface area contributed by atoms with Crippen LogP contribution in [0.3, 0.4) is 0 Å². The summed E-state index contributed by atoms with van der Waals surface area (Å²) in [6.45, 7) is 0.116. The molecule has 1 aliphatic rings. The summed E-state index contributed by atoms with van der Waals surface area (Å²) >= 11 is 0. The summed E-state index contributed by atoms with van der Waals surface area (Å²) in [7, 11) is 0. The van der Waals surface area contributed by atoms with E-state index in [0.29, 0.717) is 17.5 Å². The Kier molecular flexibility index (Phi) is 4.62. The van der Waals surface area contributed by atoms with Gasteiger partial charge in [0.15, 0.2) is 0 Å². The molecule has 6 heteroatoms. The number of aromatic nitrogens is 1. The van der Waals surface area contributed by atoms with E-state index < -0.39 is 6.10 Å². The lowest BCUT2D eigenvalue weighted by Crippen LogP contribution is -2.36. The van der Waals surface area contributed by atoms with Gasteiger partial charge in [-0.05, 0) is 49.2 Å². The SMILES string of the molecule is O=C(NCC(O)COc1ccc(F)cc1)c1cccn1C1CC1. The zero-order chi connectivity index (χ0) is 16.2. The van der Waals surface area contributed by atoms with Crippen molar-refractivity contribution in [1.82, 2.24) is 9.88 Å². The smallest absolute Gasteiger partial charge is 0.268 e. The molecule has 1 aromatic carbocycles. The first-order valence-corrected chi connectivity index (χ1v) is 7.65. The summed E-state index contributed by atoms with van der Waals surface area (Å²) in [6, 6.07) is 9.60. The van der Waals surface area contributed by atoms with Crippen LogP contribution in [0, 0.1) is 5.82 Å². The topological polar surface area (TPSA) is 63.5 Å². The molecule has 0 spiro atoms. The van der Waals surface area contributed by atoms with Crippen molar-refractivity contribution in [1.29, 1.82) is 0 Å². The highest BCUT2D eigenvalue weighted by atomic mass is 19.1. The highest BCUT2D eigenvalue weighted by Gasteiger charge is 2.26. The van der Waals surface area contributed by atoms with Crippen LogP contribution in [0.5, 0.6) is 5.75 Å². The lowest BCUT2D eigenvalue weighted by molar-refractivity contribution is 0.0836. The minimum absolute atomic E-state index is 0.0234. The number of hydrogen-bond acceptors (Lipinski definition) is 3. The molecule has 1 amide bonds. The van der Waals surface area contributed by atoms with Gasteiger partial charge in [-0.1, -0.05) is 0 Å². The van der Waals surface area contributed by atoms with Gasteiger partial charge in [0.05, 0.1) is 0 Å². The number of ether oxygens (including phenoxy) is 1. The summed E-state index contributed by atoms with van der Waals surface area (Å²) in [6.07, 6.45) is 3.26. The Hall–Kier alpha value is -2.34. The number of nitrogens with zero attached hydrogens (tertiary/aromatic N) is 1. The Balaban J connectivity index is 1.44. The van der Waals surface area contributed by atoms with E-state index in [4.69, 9.17) is 4.74 Å². The molecular formula is C17H19FN2O3. The van der Waals surface area contributed by atoms with Crippen LogP contribution in [-0.2, 0) is 0 Å². The second-order valence-corrected chi connectivity index (χ2v) is 5.66. The molecule has 0 aliphatic heterocycles. The highest BCUT2D eigenvalue weighted by Crippen LogP contribution is 2.35. The van der Waals surface area contributed by atoms with Gasteiger partial charge in [-0.15, -0.1) is 0 Å². The first-order chi connectivity index (χ1) is 11.1. The largest absolute Gasteiger partial charge is 0.491 e. The number of nitrogens with one attached hydrogen (secondary N) is 1. The predicted molar refractivity (Wildman–Crippen MR) is 82.9 cm³/mol. The number of carbonyl (C=O) groups excluding carboxylic acids is 1. The van der Waals surface area contributed by atoms with E-state index in [2.05, 4.69) is 5.32 Å². The molecule has 3 rings (SSSR count). The Morgan fingerprint density at radius 3 is 2.78 bits per heavy atom. The van der Waals surface area contributed by atoms with E-state index in [-0.39, 0.29) is 24.9 Å². The molecular weight excluding hydrogens is 299 g/mol. The summed E-state index contributed by atoms with van der Waals surface area (Å²) in [5.41, 5.74) is 0.610. The monoisotopic (exact) mass is 318 g/mol. The van der Waals surface area contributed by atoms with Crippen LogP contribution >= 0.6 is 0 Å². The molecule has 1 fully saturated rings. The molecule has 0 bridgehead atoms. The van der Waals surface area contributed by atoms with Gasteiger partial charge in [0.25, 0.3) is 5.91 Å². The molecule has 1 aromatic heterocycles. The Morgan fingerprint density at radius 2 is 2.09 bits per heavy atom. The minimum atomic E-state index is -0.839.